The minimum atomic E-state index is -3.50. The number of carboxylic acids is 1. The lowest BCUT2D eigenvalue weighted by molar-refractivity contribution is -0.0442. The molecule has 1 aromatic heterocycles. The number of aromatic nitrogens is 1. The van der Waals surface area contributed by atoms with Crippen molar-refractivity contribution in [1.82, 2.24) is 9.88 Å². The molecule has 22 heavy (non-hydrogen) atoms. The largest absolute Gasteiger partial charge is 0.477 e. The second kappa shape index (κ2) is 6.25. The Bertz CT molecular complexity index is 570. The molecule has 0 saturated carbocycles. The van der Waals surface area contributed by atoms with Crippen molar-refractivity contribution >= 4 is 12.1 Å². The summed E-state index contributed by atoms with van der Waals surface area (Å²) in [6, 6.07) is 3.29. The van der Waals surface area contributed by atoms with E-state index in [4.69, 9.17) is 9.84 Å². The smallest absolute Gasteiger partial charge is 0.410 e. The Hall–Kier alpha value is -2.25. The van der Waals surface area contributed by atoms with E-state index >= 15 is 0 Å². The Morgan fingerprint density at radius 2 is 1.91 bits per heavy atom. The van der Waals surface area contributed by atoms with Crippen LogP contribution in [-0.2, 0) is 10.7 Å². The molecule has 122 valence electrons. The van der Waals surface area contributed by atoms with Gasteiger partial charge in [-0.25, -0.2) is 14.6 Å². The van der Waals surface area contributed by atoms with Gasteiger partial charge in [0.1, 0.15) is 17.0 Å². The molecule has 0 aliphatic rings. The van der Waals surface area contributed by atoms with Gasteiger partial charge in [-0.1, -0.05) is 6.07 Å². The first-order valence-electron chi connectivity index (χ1n) is 6.45. The van der Waals surface area contributed by atoms with Crippen molar-refractivity contribution in [2.24, 2.45) is 0 Å². The summed E-state index contributed by atoms with van der Waals surface area (Å²) in [4.78, 5) is 26.6. The molecule has 0 spiro atoms. The highest BCUT2D eigenvalue weighted by Crippen LogP contribution is 2.27. The number of halogens is 2. The van der Waals surface area contributed by atoms with Gasteiger partial charge in [0.2, 0.25) is 0 Å². The van der Waals surface area contributed by atoms with Crippen molar-refractivity contribution in [3.05, 3.63) is 29.6 Å². The third-order valence-electron chi connectivity index (χ3n) is 2.48. The molecule has 1 rings (SSSR count). The standard InChI is InChI=1S/C14H18F2N2O4/c1-13(2,3)22-12(21)18(4)8-14(15,16)10-7-5-6-9(17-10)11(19)20/h5-7H,8H2,1-4H3,(H,19,20). The van der Waals surface area contributed by atoms with Crippen LogP contribution in [0, 0.1) is 0 Å². The molecule has 0 aliphatic heterocycles. The number of carbonyl (C=O) groups is 2. The Morgan fingerprint density at radius 1 is 1.32 bits per heavy atom. The monoisotopic (exact) mass is 316 g/mol. The average molecular weight is 316 g/mol. The summed E-state index contributed by atoms with van der Waals surface area (Å²) in [6.45, 7) is 3.89. The summed E-state index contributed by atoms with van der Waals surface area (Å²) in [5.41, 5.74) is -2.01. The lowest BCUT2D eigenvalue weighted by atomic mass is 10.2. The molecule has 6 nitrogen and oxygen atoms in total. The molecule has 1 aromatic rings. The van der Waals surface area contributed by atoms with Gasteiger partial charge in [0.15, 0.2) is 0 Å². The van der Waals surface area contributed by atoms with Crippen molar-refractivity contribution in [2.75, 3.05) is 13.6 Å². The molecule has 0 radical (unpaired) electrons. The van der Waals surface area contributed by atoms with Gasteiger partial charge < -0.3 is 14.7 Å². The first-order valence-corrected chi connectivity index (χ1v) is 6.45. The van der Waals surface area contributed by atoms with E-state index in [1.165, 1.54) is 13.1 Å². The number of carboxylic acid groups (broad SMARTS) is 1. The lowest BCUT2D eigenvalue weighted by Crippen LogP contribution is -2.40. The zero-order valence-electron chi connectivity index (χ0n) is 12.8. The van der Waals surface area contributed by atoms with Crippen molar-refractivity contribution < 1.29 is 28.2 Å². The zero-order chi connectivity index (χ0) is 17.1. The van der Waals surface area contributed by atoms with Gasteiger partial charge in [0.25, 0.3) is 0 Å². The summed E-state index contributed by atoms with van der Waals surface area (Å²) < 4.78 is 33.3. The highest BCUT2D eigenvalue weighted by atomic mass is 19.3. The van der Waals surface area contributed by atoms with Crippen LogP contribution in [0.1, 0.15) is 37.0 Å². The third-order valence-corrected chi connectivity index (χ3v) is 2.48. The molecule has 0 atom stereocenters. The first-order chi connectivity index (χ1) is 9.92. The van der Waals surface area contributed by atoms with Gasteiger partial charge in [-0.05, 0) is 32.9 Å². The van der Waals surface area contributed by atoms with Gasteiger partial charge >= 0.3 is 18.0 Å². The molecule has 0 saturated heterocycles. The quantitative estimate of drug-likeness (QED) is 0.924. The summed E-state index contributed by atoms with van der Waals surface area (Å²) in [6.07, 6.45) is -0.901. The van der Waals surface area contributed by atoms with Crippen LogP contribution in [0.25, 0.3) is 0 Å². The fourth-order valence-corrected chi connectivity index (χ4v) is 1.54. The van der Waals surface area contributed by atoms with E-state index in [2.05, 4.69) is 4.98 Å². The van der Waals surface area contributed by atoms with Crippen LogP contribution in [0.2, 0.25) is 0 Å². The minimum Gasteiger partial charge on any atom is -0.477 e. The van der Waals surface area contributed by atoms with E-state index in [-0.39, 0.29) is 0 Å². The fourth-order valence-electron chi connectivity index (χ4n) is 1.54. The summed E-state index contributed by atoms with van der Waals surface area (Å²) in [5, 5.41) is 8.78. The minimum absolute atomic E-state index is 0.489. The van der Waals surface area contributed by atoms with Crippen LogP contribution in [0.15, 0.2) is 18.2 Å². The highest BCUT2D eigenvalue weighted by molar-refractivity contribution is 5.85. The molecule has 1 amide bonds. The Balaban J connectivity index is 2.88. The highest BCUT2D eigenvalue weighted by Gasteiger charge is 2.37. The molecule has 1 N–H and O–H groups in total. The zero-order valence-corrected chi connectivity index (χ0v) is 12.8. The molecule has 0 fully saturated rings. The van der Waals surface area contributed by atoms with Crippen LogP contribution in [0.3, 0.4) is 0 Å². The topological polar surface area (TPSA) is 79.7 Å². The van der Waals surface area contributed by atoms with E-state index in [9.17, 15) is 18.4 Å². The van der Waals surface area contributed by atoms with Crippen LogP contribution in [0.4, 0.5) is 13.6 Å². The lowest BCUT2D eigenvalue weighted by Gasteiger charge is -2.27. The number of hydrogen-bond donors (Lipinski definition) is 1. The SMILES string of the molecule is CN(CC(F)(F)c1cccc(C(=O)O)n1)C(=O)OC(C)(C)C. The van der Waals surface area contributed by atoms with E-state index in [1.54, 1.807) is 20.8 Å². The van der Waals surface area contributed by atoms with E-state index < -0.39 is 41.5 Å². The van der Waals surface area contributed by atoms with Crippen LogP contribution >= 0.6 is 0 Å². The number of nitrogens with zero attached hydrogens (tertiary/aromatic N) is 2. The number of alkyl halides is 2. The molecule has 8 heteroatoms. The number of pyridine rings is 1. The van der Waals surface area contributed by atoms with Crippen LogP contribution < -0.4 is 0 Å². The average Bonchev–Trinajstić information content (AvgIpc) is 2.36. The van der Waals surface area contributed by atoms with E-state index in [0.717, 1.165) is 17.0 Å². The number of amides is 1. The summed E-state index contributed by atoms with van der Waals surface area (Å²) in [5.74, 6) is -4.91. The Labute approximate surface area is 126 Å². The maximum absolute atomic E-state index is 14.1. The molecule has 0 bridgehead atoms. The molecular formula is C14H18F2N2O4. The van der Waals surface area contributed by atoms with Crippen molar-refractivity contribution in [1.29, 1.82) is 0 Å². The maximum atomic E-state index is 14.1. The predicted octanol–water partition coefficient (Wildman–Crippen LogP) is 2.74. The fraction of sp³-hybridized carbons (Fsp3) is 0.500. The van der Waals surface area contributed by atoms with Crippen molar-refractivity contribution in [3.8, 4) is 0 Å². The molecule has 0 unspecified atom stereocenters. The van der Waals surface area contributed by atoms with Crippen LogP contribution in [-0.4, -0.2) is 46.2 Å². The summed E-state index contributed by atoms with van der Waals surface area (Å²) >= 11 is 0. The van der Waals surface area contributed by atoms with Gasteiger partial charge in [-0.15, -0.1) is 0 Å². The second-order valence-electron chi connectivity index (χ2n) is 5.75. The van der Waals surface area contributed by atoms with Gasteiger partial charge in [0.05, 0.1) is 6.54 Å². The molecule has 0 aliphatic carbocycles. The van der Waals surface area contributed by atoms with Gasteiger partial charge in [-0.3, -0.25) is 0 Å². The van der Waals surface area contributed by atoms with E-state index in [0.29, 0.717) is 0 Å². The van der Waals surface area contributed by atoms with Crippen molar-refractivity contribution in [2.45, 2.75) is 32.3 Å². The molecule has 0 aromatic carbocycles. The van der Waals surface area contributed by atoms with Gasteiger partial charge in [-0.2, -0.15) is 8.78 Å². The molecule has 1 heterocycles. The Morgan fingerprint density at radius 3 is 2.41 bits per heavy atom. The second-order valence-corrected chi connectivity index (χ2v) is 5.75. The number of aromatic carboxylic acids is 1. The van der Waals surface area contributed by atoms with E-state index in [1.807, 2.05) is 0 Å². The number of carbonyl (C=O) groups excluding carboxylic acids is 1. The van der Waals surface area contributed by atoms with Crippen molar-refractivity contribution in [3.63, 3.8) is 0 Å². The molecular weight excluding hydrogens is 298 g/mol. The third kappa shape index (κ3) is 4.94. The first kappa shape index (κ1) is 17.8. The van der Waals surface area contributed by atoms with Gasteiger partial charge in [0, 0.05) is 7.05 Å². The maximum Gasteiger partial charge on any atom is 0.410 e. The summed E-state index contributed by atoms with van der Waals surface area (Å²) in [7, 11) is 1.17. The number of likely N-dealkylation sites (N-methyl/N-ethyl adjacent to an activating group) is 1. The number of hydrogen-bond acceptors (Lipinski definition) is 4. The normalized spacial score (nSPS) is 11.9. The predicted molar refractivity (Wildman–Crippen MR) is 74.0 cm³/mol. The van der Waals surface area contributed by atoms with Crippen LogP contribution in [0.5, 0.6) is 0 Å². The Kier molecular flexibility index (Phi) is 5.05. The number of rotatable bonds is 4. The number of ether oxygens (including phenoxy) is 1.